The molecule has 3 rings (SSSR count). The smallest absolute Gasteiger partial charge is 0.435 e. The van der Waals surface area contributed by atoms with E-state index in [1.807, 2.05) is 96.9 Å². The van der Waals surface area contributed by atoms with Crippen molar-refractivity contribution >= 4 is 28.7 Å². The second-order valence-corrected chi connectivity index (χ2v) is 11.4. The summed E-state index contributed by atoms with van der Waals surface area (Å²) in [5, 5.41) is 5.14. The van der Waals surface area contributed by atoms with Gasteiger partial charge in [-0.05, 0) is 65.7 Å². The Morgan fingerprint density at radius 3 is 2.00 bits per heavy atom. The van der Waals surface area contributed by atoms with Crippen LogP contribution in [0.4, 0.5) is 10.5 Å². The van der Waals surface area contributed by atoms with Gasteiger partial charge in [-0.2, -0.15) is 9.78 Å². The summed E-state index contributed by atoms with van der Waals surface area (Å²) in [7, 11) is 3.90. The minimum Gasteiger partial charge on any atom is -0.459 e. The van der Waals surface area contributed by atoms with Crippen LogP contribution in [0.3, 0.4) is 0 Å². The molecule has 194 valence electrons. The van der Waals surface area contributed by atoms with Crippen molar-refractivity contribution in [2.24, 2.45) is 5.73 Å². The van der Waals surface area contributed by atoms with Gasteiger partial charge in [0.25, 0.3) is 0 Å². The van der Waals surface area contributed by atoms with Crippen molar-refractivity contribution in [3.8, 4) is 11.1 Å². The van der Waals surface area contributed by atoms with Gasteiger partial charge in [-0.15, -0.1) is 0 Å². The van der Waals surface area contributed by atoms with Crippen LogP contribution in [0.15, 0.2) is 42.6 Å². The highest BCUT2D eigenvalue weighted by atomic mass is 16.6. The number of anilines is 1. The number of benzene rings is 2. The molecule has 0 aliphatic rings. The summed E-state index contributed by atoms with van der Waals surface area (Å²) in [5.41, 5.74) is 8.14. The first-order valence-corrected chi connectivity index (χ1v) is 12.0. The molecule has 0 spiro atoms. The lowest BCUT2D eigenvalue weighted by molar-refractivity contribution is -0.161. The van der Waals surface area contributed by atoms with Crippen LogP contribution in [0, 0.1) is 0 Å². The standard InChI is InChI=1S/C28H38N4O4/c1-26(2,3)35-24(33)28(7,17-29)19-12-10-18(11-13-19)20-14-15-22-21(23(20)31(8)9)16-30-32(22)25(34)36-27(4,5)6/h10-16H,17,29H2,1-9H3. The Balaban J connectivity index is 2.04. The van der Waals surface area contributed by atoms with Gasteiger partial charge in [0.05, 0.1) is 17.4 Å². The summed E-state index contributed by atoms with van der Waals surface area (Å²) in [5.74, 6) is -0.352. The topological polar surface area (TPSA) is 99.7 Å². The van der Waals surface area contributed by atoms with Gasteiger partial charge in [-0.3, -0.25) is 4.79 Å². The molecule has 3 aromatic rings. The molecule has 0 amide bonds. The number of hydrogen-bond acceptors (Lipinski definition) is 7. The van der Waals surface area contributed by atoms with Gasteiger partial charge in [0.1, 0.15) is 16.6 Å². The molecule has 36 heavy (non-hydrogen) atoms. The molecule has 1 atom stereocenters. The second-order valence-electron chi connectivity index (χ2n) is 11.4. The number of nitrogens with two attached hydrogens (primary N) is 1. The lowest BCUT2D eigenvalue weighted by Gasteiger charge is -2.31. The predicted octanol–water partition coefficient (Wildman–Crippen LogP) is 5.11. The highest BCUT2D eigenvalue weighted by Gasteiger charge is 2.37. The van der Waals surface area contributed by atoms with Gasteiger partial charge < -0.3 is 20.1 Å². The molecule has 2 N–H and O–H groups in total. The summed E-state index contributed by atoms with van der Waals surface area (Å²) >= 11 is 0. The number of esters is 1. The van der Waals surface area contributed by atoms with Crippen LogP contribution in [-0.4, -0.2) is 53.7 Å². The molecular formula is C28H38N4O4. The number of ether oxygens (including phenoxy) is 2. The van der Waals surface area contributed by atoms with Crippen LogP contribution in [0.2, 0.25) is 0 Å². The summed E-state index contributed by atoms with van der Waals surface area (Å²) in [4.78, 5) is 27.6. The Morgan fingerprint density at radius 1 is 0.917 bits per heavy atom. The van der Waals surface area contributed by atoms with Crippen molar-refractivity contribution in [2.45, 2.75) is 65.1 Å². The van der Waals surface area contributed by atoms with Crippen molar-refractivity contribution in [2.75, 3.05) is 25.5 Å². The largest absolute Gasteiger partial charge is 0.459 e. The third-order valence-corrected chi connectivity index (χ3v) is 5.83. The van der Waals surface area contributed by atoms with E-state index in [1.54, 1.807) is 13.1 Å². The molecular weight excluding hydrogens is 456 g/mol. The number of rotatable bonds is 5. The maximum atomic E-state index is 12.9. The quantitative estimate of drug-likeness (QED) is 0.492. The summed E-state index contributed by atoms with van der Waals surface area (Å²) in [6.07, 6.45) is 1.16. The van der Waals surface area contributed by atoms with Gasteiger partial charge in [0, 0.05) is 31.6 Å². The Bertz CT molecular complexity index is 1260. The Morgan fingerprint density at radius 2 is 1.50 bits per heavy atom. The highest BCUT2D eigenvalue weighted by molar-refractivity contribution is 6.02. The number of aromatic nitrogens is 2. The van der Waals surface area contributed by atoms with Gasteiger partial charge in [-0.25, -0.2) is 4.79 Å². The maximum absolute atomic E-state index is 12.9. The first-order valence-electron chi connectivity index (χ1n) is 12.0. The van der Waals surface area contributed by atoms with Crippen molar-refractivity contribution in [1.82, 2.24) is 9.78 Å². The van der Waals surface area contributed by atoms with E-state index in [2.05, 4.69) is 5.10 Å². The van der Waals surface area contributed by atoms with Crippen LogP contribution < -0.4 is 10.6 Å². The summed E-state index contributed by atoms with van der Waals surface area (Å²) < 4.78 is 12.4. The van der Waals surface area contributed by atoms with Gasteiger partial charge in [0.15, 0.2) is 0 Å². The van der Waals surface area contributed by atoms with E-state index in [1.165, 1.54) is 4.68 Å². The third-order valence-electron chi connectivity index (χ3n) is 5.83. The molecule has 1 unspecified atom stereocenters. The zero-order valence-corrected chi connectivity index (χ0v) is 22.8. The Kier molecular flexibility index (Phi) is 7.24. The van der Waals surface area contributed by atoms with Crippen molar-refractivity contribution in [3.05, 3.63) is 48.2 Å². The maximum Gasteiger partial charge on any atom is 0.435 e. The fourth-order valence-electron chi connectivity index (χ4n) is 3.98. The molecule has 0 aliphatic heterocycles. The zero-order valence-electron chi connectivity index (χ0n) is 22.8. The molecule has 8 heteroatoms. The lowest BCUT2D eigenvalue weighted by Crippen LogP contribution is -2.44. The van der Waals surface area contributed by atoms with E-state index in [0.717, 1.165) is 27.8 Å². The minimum atomic E-state index is -0.964. The Hall–Kier alpha value is -3.39. The molecule has 0 fully saturated rings. The molecule has 8 nitrogen and oxygen atoms in total. The third kappa shape index (κ3) is 5.54. The van der Waals surface area contributed by atoms with Crippen LogP contribution in [0.5, 0.6) is 0 Å². The summed E-state index contributed by atoms with van der Waals surface area (Å²) in [6, 6.07) is 11.6. The minimum absolute atomic E-state index is 0.125. The predicted molar refractivity (Wildman–Crippen MR) is 143 cm³/mol. The summed E-state index contributed by atoms with van der Waals surface area (Å²) in [6.45, 7) is 12.9. The molecule has 0 bridgehead atoms. The second kappa shape index (κ2) is 9.58. The van der Waals surface area contributed by atoms with Crippen molar-refractivity contribution in [3.63, 3.8) is 0 Å². The average molecular weight is 495 g/mol. The number of nitrogens with zero attached hydrogens (tertiary/aromatic N) is 3. The fourth-order valence-corrected chi connectivity index (χ4v) is 3.98. The lowest BCUT2D eigenvalue weighted by atomic mass is 9.81. The fraction of sp³-hybridized carbons (Fsp3) is 0.464. The number of fused-ring (bicyclic) bond motifs is 1. The van der Waals surface area contributed by atoms with Crippen LogP contribution in [0.1, 0.15) is 54.0 Å². The highest BCUT2D eigenvalue weighted by Crippen LogP contribution is 2.38. The Labute approximate surface area is 213 Å². The monoisotopic (exact) mass is 494 g/mol. The molecule has 0 saturated carbocycles. The SMILES string of the molecule is CN(C)c1c(-c2ccc(C(C)(CN)C(=O)OC(C)(C)C)cc2)ccc2c1cnn2C(=O)OC(C)(C)C. The molecule has 1 heterocycles. The van der Waals surface area contributed by atoms with Gasteiger partial charge in [0.2, 0.25) is 0 Å². The molecule has 1 aromatic heterocycles. The number of hydrogen-bond donors (Lipinski definition) is 1. The van der Waals surface area contributed by atoms with E-state index < -0.39 is 22.7 Å². The molecule has 0 radical (unpaired) electrons. The molecule has 0 saturated heterocycles. The van der Waals surface area contributed by atoms with Crippen LogP contribution in [-0.2, 0) is 19.7 Å². The van der Waals surface area contributed by atoms with E-state index in [4.69, 9.17) is 15.2 Å². The zero-order chi connectivity index (χ0) is 27.1. The van der Waals surface area contributed by atoms with Gasteiger partial charge in [-0.1, -0.05) is 30.3 Å². The number of carbonyl (C=O) groups is 2. The van der Waals surface area contributed by atoms with Crippen LogP contribution in [0.25, 0.3) is 22.0 Å². The van der Waals surface area contributed by atoms with Crippen LogP contribution >= 0.6 is 0 Å². The normalized spacial score (nSPS) is 13.8. The van der Waals surface area contributed by atoms with Crippen molar-refractivity contribution < 1.29 is 19.1 Å². The van der Waals surface area contributed by atoms with E-state index >= 15 is 0 Å². The molecule has 2 aromatic carbocycles. The van der Waals surface area contributed by atoms with E-state index in [-0.39, 0.29) is 12.5 Å². The average Bonchev–Trinajstić information content (AvgIpc) is 3.19. The van der Waals surface area contributed by atoms with Crippen molar-refractivity contribution in [1.29, 1.82) is 0 Å². The number of carbonyl (C=O) groups excluding carboxylic acids is 2. The first kappa shape index (κ1) is 27.2. The van der Waals surface area contributed by atoms with E-state index in [9.17, 15) is 9.59 Å². The first-order chi connectivity index (χ1) is 16.6. The van der Waals surface area contributed by atoms with Gasteiger partial charge >= 0.3 is 12.1 Å². The van der Waals surface area contributed by atoms with E-state index in [0.29, 0.717) is 5.52 Å². The molecule has 0 aliphatic carbocycles.